The Kier molecular flexibility index (Phi) is 5.73. The molecule has 0 aliphatic carbocycles. The van der Waals surface area contributed by atoms with E-state index in [0.717, 1.165) is 40.9 Å². The van der Waals surface area contributed by atoms with E-state index in [1.54, 1.807) is 6.07 Å². The number of nitrogens with one attached hydrogen (secondary N) is 1. The minimum absolute atomic E-state index is 0.0570. The first-order valence-corrected chi connectivity index (χ1v) is 11.5. The maximum atomic E-state index is 10.7. The molecule has 3 aromatic rings. The van der Waals surface area contributed by atoms with Gasteiger partial charge in [0, 0.05) is 66.7 Å². The minimum Gasteiger partial charge on any atom is -0.507 e. The molecule has 0 amide bonds. The highest BCUT2D eigenvalue weighted by atomic mass is 16.3. The second-order valence-corrected chi connectivity index (χ2v) is 10.9. The van der Waals surface area contributed by atoms with E-state index in [-0.39, 0.29) is 16.8 Å². The highest BCUT2D eigenvalue weighted by Crippen LogP contribution is 2.37. The first-order valence-electron chi connectivity index (χ1n) is 11.5. The van der Waals surface area contributed by atoms with Gasteiger partial charge in [0.2, 0.25) is 0 Å². The zero-order valence-electron chi connectivity index (χ0n) is 21.1. The molecule has 0 unspecified atom stereocenters. The highest BCUT2D eigenvalue weighted by molar-refractivity contribution is 5.96. The molecule has 0 bridgehead atoms. The second-order valence-electron chi connectivity index (χ2n) is 10.9. The largest absolute Gasteiger partial charge is 0.507 e. The summed E-state index contributed by atoms with van der Waals surface area (Å²) in [5.41, 5.74) is 4.14. The number of phenolic OH excluding ortho intramolecular Hbond substituents is 1. The maximum Gasteiger partial charge on any atom is 0.151 e. The summed E-state index contributed by atoms with van der Waals surface area (Å²) in [6, 6.07) is 10.0. The van der Waals surface area contributed by atoms with Crippen LogP contribution in [0.15, 0.2) is 30.3 Å². The third-order valence-corrected chi connectivity index (χ3v) is 6.52. The van der Waals surface area contributed by atoms with Gasteiger partial charge in [-0.15, -0.1) is 10.2 Å². The van der Waals surface area contributed by atoms with Gasteiger partial charge in [0.15, 0.2) is 5.82 Å². The molecule has 2 N–H and O–H groups in total. The van der Waals surface area contributed by atoms with Crippen LogP contribution in [0.25, 0.3) is 22.2 Å². The molecule has 3 heterocycles. The van der Waals surface area contributed by atoms with Gasteiger partial charge in [0.05, 0.1) is 11.2 Å². The number of phenols is 1. The van der Waals surface area contributed by atoms with Gasteiger partial charge in [-0.25, -0.2) is 0 Å². The van der Waals surface area contributed by atoms with Crippen LogP contribution in [0.2, 0.25) is 0 Å². The highest BCUT2D eigenvalue weighted by Gasteiger charge is 2.39. The van der Waals surface area contributed by atoms with Crippen molar-refractivity contribution in [1.29, 1.82) is 0 Å². The van der Waals surface area contributed by atoms with Crippen LogP contribution in [0.5, 0.6) is 5.75 Å². The molecule has 0 radical (unpaired) electrons. The zero-order chi connectivity index (χ0) is 24.1. The summed E-state index contributed by atoms with van der Waals surface area (Å²) in [6.07, 6.45) is 2.06. The lowest BCUT2D eigenvalue weighted by molar-refractivity contribution is 0.160. The van der Waals surface area contributed by atoms with Crippen LogP contribution < -0.4 is 15.1 Å². The Labute approximate surface area is 196 Å². The molecular formula is C26H36N6O. The quantitative estimate of drug-likeness (QED) is 0.608. The van der Waals surface area contributed by atoms with Crippen LogP contribution in [0.3, 0.4) is 0 Å². The minimum atomic E-state index is 0.0570. The number of aromatic nitrogens is 3. The number of anilines is 2. The van der Waals surface area contributed by atoms with Gasteiger partial charge in [0.1, 0.15) is 5.75 Å². The molecule has 176 valence electrons. The van der Waals surface area contributed by atoms with Crippen molar-refractivity contribution in [1.82, 2.24) is 20.5 Å². The maximum absolute atomic E-state index is 10.7. The summed E-state index contributed by atoms with van der Waals surface area (Å²) in [7, 11) is 6.11. The molecule has 7 heteroatoms. The van der Waals surface area contributed by atoms with E-state index < -0.39 is 0 Å². The number of pyridine rings is 1. The molecule has 0 atom stereocenters. The molecule has 1 aliphatic heterocycles. The summed E-state index contributed by atoms with van der Waals surface area (Å²) in [4.78, 5) is 8.89. The third-order valence-electron chi connectivity index (χ3n) is 6.52. The number of benzene rings is 1. The first-order chi connectivity index (χ1) is 15.3. The fraction of sp³-hybridized carbons (Fsp3) is 0.500. The van der Waals surface area contributed by atoms with Crippen molar-refractivity contribution in [3.8, 4) is 17.0 Å². The Balaban J connectivity index is 1.66. The number of aryl methyl sites for hydroxylation is 1. The molecule has 1 saturated heterocycles. The fourth-order valence-corrected chi connectivity index (χ4v) is 5.33. The van der Waals surface area contributed by atoms with Crippen molar-refractivity contribution in [2.45, 2.75) is 64.6 Å². The smallest absolute Gasteiger partial charge is 0.151 e. The van der Waals surface area contributed by atoms with Crippen LogP contribution in [-0.4, -0.2) is 58.6 Å². The van der Waals surface area contributed by atoms with Gasteiger partial charge in [-0.2, -0.15) is 0 Å². The van der Waals surface area contributed by atoms with Crippen molar-refractivity contribution in [2.24, 2.45) is 0 Å². The predicted molar refractivity (Wildman–Crippen MR) is 136 cm³/mol. The van der Waals surface area contributed by atoms with Crippen LogP contribution >= 0.6 is 0 Å². The van der Waals surface area contributed by atoms with Crippen molar-refractivity contribution in [3.63, 3.8) is 0 Å². The van der Waals surface area contributed by atoms with Crippen molar-refractivity contribution >= 4 is 22.4 Å². The van der Waals surface area contributed by atoms with Gasteiger partial charge in [-0.1, -0.05) is 0 Å². The fourth-order valence-electron chi connectivity index (χ4n) is 5.33. The summed E-state index contributed by atoms with van der Waals surface area (Å²) in [5.74, 6) is 0.992. The monoisotopic (exact) mass is 448 g/mol. The summed E-state index contributed by atoms with van der Waals surface area (Å²) in [5, 5.41) is 24.5. The molecule has 0 spiro atoms. The average Bonchev–Trinajstić information content (AvgIpc) is 2.70. The summed E-state index contributed by atoms with van der Waals surface area (Å²) < 4.78 is 0. The Morgan fingerprint density at radius 1 is 0.970 bits per heavy atom. The molecule has 2 aromatic heterocycles. The Bertz CT molecular complexity index is 1150. The van der Waals surface area contributed by atoms with E-state index >= 15 is 0 Å². The van der Waals surface area contributed by atoms with Gasteiger partial charge in [-0.05, 0) is 71.7 Å². The lowest BCUT2D eigenvalue weighted by atomic mass is 9.79. The number of aromatic hydroxyl groups is 1. The molecular weight excluding hydrogens is 412 g/mol. The second kappa shape index (κ2) is 8.13. The van der Waals surface area contributed by atoms with E-state index in [4.69, 9.17) is 0 Å². The topological polar surface area (TPSA) is 77.4 Å². The Hall–Kier alpha value is -2.93. The van der Waals surface area contributed by atoms with Crippen molar-refractivity contribution in [3.05, 3.63) is 36.0 Å². The first kappa shape index (κ1) is 23.2. The number of rotatable bonds is 4. The van der Waals surface area contributed by atoms with Crippen LogP contribution in [0.1, 0.15) is 46.2 Å². The average molecular weight is 449 g/mol. The number of fused-ring (bicyclic) bond motifs is 1. The van der Waals surface area contributed by atoms with E-state index in [9.17, 15) is 5.11 Å². The van der Waals surface area contributed by atoms with Gasteiger partial charge < -0.3 is 20.2 Å². The van der Waals surface area contributed by atoms with Crippen LogP contribution in [0.4, 0.5) is 11.5 Å². The van der Waals surface area contributed by atoms with Gasteiger partial charge in [-0.3, -0.25) is 4.98 Å². The lowest BCUT2D eigenvalue weighted by Gasteiger charge is -2.49. The molecule has 4 rings (SSSR count). The summed E-state index contributed by atoms with van der Waals surface area (Å²) in [6.45, 7) is 11.0. The zero-order valence-corrected chi connectivity index (χ0v) is 21.1. The number of nitrogens with zero attached hydrogens (tertiary/aromatic N) is 5. The Morgan fingerprint density at radius 2 is 1.64 bits per heavy atom. The summed E-state index contributed by atoms with van der Waals surface area (Å²) >= 11 is 0. The van der Waals surface area contributed by atoms with Crippen molar-refractivity contribution in [2.75, 3.05) is 30.9 Å². The number of hydrogen-bond donors (Lipinski definition) is 2. The molecule has 1 fully saturated rings. The van der Waals surface area contributed by atoms with Crippen molar-refractivity contribution < 1.29 is 5.11 Å². The van der Waals surface area contributed by atoms with E-state index in [0.29, 0.717) is 17.3 Å². The number of hydrogen-bond acceptors (Lipinski definition) is 7. The standard InChI is InChI=1S/C26H36N6O/c1-16-11-22(31(6)7)18-12-19(23(33)13-21(18)27-16)20-9-10-24(29-28-20)32(8)17-14-25(2,3)30-26(4,5)15-17/h9-13,17,30,33H,14-15H2,1-8H3. The molecule has 1 aromatic carbocycles. The predicted octanol–water partition coefficient (Wildman–Crippen LogP) is 4.52. The molecule has 7 nitrogen and oxygen atoms in total. The van der Waals surface area contributed by atoms with Gasteiger partial charge in [0.25, 0.3) is 0 Å². The van der Waals surface area contributed by atoms with Crippen LogP contribution in [0, 0.1) is 6.92 Å². The lowest BCUT2D eigenvalue weighted by Crippen LogP contribution is -2.62. The molecule has 1 aliphatic rings. The van der Waals surface area contributed by atoms with E-state index in [2.05, 4.69) is 71.1 Å². The molecule has 33 heavy (non-hydrogen) atoms. The SMILES string of the molecule is Cc1cc(N(C)C)c2cc(-c3ccc(N(C)C4CC(C)(C)NC(C)(C)C4)nn3)c(O)cc2n1. The normalized spacial score (nSPS) is 17.8. The molecule has 0 saturated carbocycles. The number of piperidine rings is 1. The third kappa shape index (κ3) is 4.74. The van der Waals surface area contributed by atoms with E-state index in [1.165, 1.54) is 0 Å². The van der Waals surface area contributed by atoms with Crippen LogP contribution in [-0.2, 0) is 0 Å². The van der Waals surface area contributed by atoms with E-state index in [1.807, 2.05) is 39.2 Å². The Morgan fingerprint density at radius 3 is 2.21 bits per heavy atom. The van der Waals surface area contributed by atoms with Gasteiger partial charge >= 0.3 is 0 Å².